The highest BCUT2D eigenvalue weighted by molar-refractivity contribution is 5.85. The highest BCUT2D eigenvalue weighted by Gasteiger charge is 2.03. The highest BCUT2D eigenvalue weighted by atomic mass is 15.2. The van der Waals surface area contributed by atoms with E-state index in [1.165, 1.54) is 16.3 Å². The van der Waals surface area contributed by atoms with Crippen LogP contribution in [-0.4, -0.2) is 24.5 Å². The monoisotopic (exact) mass is 332 g/mol. The van der Waals surface area contributed by atoms with Crippen molar-refractivity contribution in [2.45, 2.75) is 19.4 Å². The number of nitrogens with one attached hydrogen (secondary N) is 2. The molecule has 1 aromatic heterocycles. The number of rotatable bonds is 6. The molecule has 3 aromatic rings. The Morgan fingerprint density at radius 1 is 0.960 bits per heavy atom. The average molecular weight is 332 g/mol. The van der Waals surface area contributed by atoms with E-state index in [4.69, 9.17) is 0 Å². The first-order valence-electron chi connectivity index (χ1n) is 8.68. The van der Waals surface area contributed by atoms with Crippen molar-refractivity contribution >= 4 is 16.7 Å². The summed E-state index contributed by atoms with van der Waals surface area (Å²) in [5.74, 6) is 0.808. The largest absolute Gasteiger partial charge is 0.356 e. The van der Waals surface area contributed by atoms with E-state index in [9.17, 15) is 0 Å². The number of aromatic nitrogens is 1. The minimum Gasteiger partial charge on any atom is -0.356 e. The second-order valence-corrected chi connectivity index (χ2v) is 5.92. The third-order valence-corrected chi connectivity index (χ3v) is 4.18. The lowest BCUT2D eigenvalue weighted by Crippen LogP contribution is -2.37. The number of benzene rings is 2. The highest BCUT2D eigenvalue weighted by Crippen LogP contribution is 2.15. The zero-order valence-electron chi connectivity index (χ0n) is 14.6. The van der Waals surface area contributed by atoms with E-state index in [1.807, 2.05) is 24.4 Å². The summed E-state index contributed by atoms with van der Waals surface area (Å²) in [6.07, 6.45) is 3.99. The molecular formula is C21H24N4. The molecule has 3 rings (SSSR count). The fourth-order valence-corrected chi connectivity index (χ4v) is 2.86. The van der Waals surface area contributed by atoms with Crippen LogP contribution >= 0.6 is 0 Å². The van der Waals surface area contributed by atoms with Gasteiger partial charge in [-0.3, -0.25) is 9.98 Å². The Kier molecular flexibility index (Phi) is 5.99. The van der Waals surface area contributed by atoms with Crippen molar-refractivity contribution in [3.63, 3.8) is 0 Å². The predicted octanol–water partition coefficient (Wildman–Crippen LogP) is 3.53. The van der Waals surface area contributed by atoms with Crippen molar-refractivity contribution in [2.24, 2.45) is 4.99 Å². The van der Waals surface area contributed by atoms with Crippen LogP contribution in [0.25, 0.3) is 10.8 Å². The number of aliphatic imine (C=N–C) groups is 1. The Balaban J connectivity index is 1.49. The maximum absolute atomic E-state index is 4.50. The normalized spacial score (nSPS) is 11.5. The molecule has 4 heteroatoms. The Bertz CT molecular complexity index is 822. The van der Waals surface area contributed by atoms with Crippen molar-refractivity contribution in [2.75, 3.05) is 13.6 Å². The van der Waals surface area contributed by atoms with Gasteiger partial charge in [0.1, 0.15) is 0 Å². The molecule has 0 radical (unpaired) electrons. The molecule has 2 aromatic carbocycles. The molecule has 1 heterocycles. The maximum Gasteiger partial charge on any atom is 0.191 e. The van der Waals surface area contributed by atoms with Gasteiger partial charge in [0.25, 0.3) is 0 Å². The molecule has 0 aliphatic rings. The van der Waals surface area contributed by atoms with Crippen LogP contribution in [0, 0.1) is 0 Å². The quantitative estimate of drug-likeness (QED) is 0.412. The average Bonchev–Trinajstić information content (AvgIpc) is 2.68. The molecule has 0 fully saturated rings. The van der Waals surface area contributed by atoms with Crippen LogP contribution in [0.2, 0.25) is 0 Å². The van der Waals surface area contributed by atoms with Gasteiger partial charge in [0, 0.05) is 25.2 Å². The Morgan fingerprint density at radius 3 is 2.60 bits per heavy atom. The lowest BCUT2D eigenvalue weighted by molar-refractivity contribution is 0.739. The van der Waals surface area contributed by atoms with Gasteiger partial charge in [-0.2, -0.15) is 0 Å². The molecule has 0 aliphatic carbocycles. The molecule has 0 saturated heterocycles. The van der Waals surface area contributed by atoms with Gasteiger partial charge in [0.05, 0.1) is 12.2 Å². The van der Waals surface area contributed by atoms with E-state index in [2.05, 4.69) is 63.1 Å². The third-order valence-electron chi connectivity index (χ3n) is 4.18. The van der Waals surface area contributed by atoms with Crippen LogP contribution in [0.4, 0.5) is 0 Å². The number of hydrogen-bond donors (Lipinski definition) is 2. The minimum absolute atomic E-state index is 0.652. The second kappa shape index (κ2) is 8.83. The second-order valence-electron chi connectivity index (χ2n) is 5.92. The summed E-state index contributed by atoms with van der Waals surface area (Å²) in [4.78, 5) is 8.80. The summed E-state index contributed by atoms with van der Waals surface area (Å²) in [5, 5.41) is 9.11. The van der Waals surface area contributed by atoms with Gasteiger partial charge in [-0.15, -0.1) is 0 Å². The van der Waals surface area contributed by atoms with Gasteiger partial charge in [-0.1, -0.05) is 54.6 Å². The number of guanidine groups is 1. The molecule has 0 atom stereocenters. The summed E-state index contributed by atoms with van der Waals surface area (Å²) in [6, 6.07) is 20.9. The first kappa shape index (κ1) is 17.0. The SMILES string of the molecule is CN=C(NCCCc1ccccc1)NCc1nccc2ccccc12. The summed E-state index contributed by atoms with van der Waals surface area (Å²) >= 11 is 0. The van der Waals surface area contributed by atoms with Gasteiger partial charge < -0.3 is 10.6 Å². The van der Waals surface area contributed by atoms with Gasteiger partial charge >= 0.3 is 0 Å². The number of aryl methyl sites for hydroxylation is 1. The molecule has 4 nitrogen and oxygen atoms in total. The van der Waals surface area contributed by atoms with Gasteiger partial charge in [0.2, 0.25) is 0 Å². The van der Waals surface area contributed by atoms with Crippen LogP contribution in [0.3, 0.4) is 0 Å². The molecule has 0 bridgehead atoms. The van der Waals surface area contributed by atoms with Crippen molar-refractivity contribution < 1.29 is 0 Å². The fourth-order valence-electron chi connectivity index (χ4n) is 2.86. The molecule has 0 amide bonds. The summed E-state index contributed by atoms with van der Waals surface area (Å²) < 4.78 is 0. The summed E-state index contributed by atoms with van der Waals surface area (Å²) in [5.41, 5.74) is 2.40. The van der Waals surface area contributed by atoms with E-state index in [0.29, 0.717) is 6.54 Å². The number of hydrogen-bond acceptors (Lipinski definition) is 2. The van der Waals surface area contributed by atoms with Crippen LogP contribution in [-0.2, 0) is 13.0 Å². The molecule has 0 unspecified atom stereocenters. The molecular weight excluding hydrogens is 308 g/mol. The fraction of sp³-hybridized carbons (Fsp3) is 0.238. The van der Waals surface area contributed by atoms with Gasteiger partial charge in [0.15, 0.2) is 5.96 Å². The molecule has 0 aliphatic heterocycles. The lowest BCUT2D eigenvalue weighted by atomic mass is 10.1. The topological polar surface area (TPSA) is 49.3 Å². The Morgan fingerprint density at radius 2 is 1.76 bits per heavy atom. The zero-order chi connectivity index (χ0) is 17.3. The van der Waals surface area contributed by atoms with Crippen LogP contribution in [0.1, 0.15) is 17.7 Å². The van der Waals surface area contributed by atoms with E-state index in [0.717, 1.165) is 31.0 Å². The smallest absolute Gasteiger partial charge is 0.191 e. The van der Waals surface area contributed by atoms with Crippen LogP contribution < -0.4 is 10.6 Å². The van der Waals surface area contributed by atoms with Crippen molar-refractivity contribution in [3.8, 4) is 0 Å². The molecule has 0 spiro atoms. The van der Waals surface area contributed by atoms with E-state index < -0.39 is 0 Å². The maximum atomic E-state index is 4.50. The van der Waals surface area contributed by atoms with E-state index >= 15 is 0 Å². The number of fused-ring (bicyclic) bond motifs is 1. The van der Waals surface area contributed by atoms with E-state index in [-0.39, 0.29) is 0 Å². The van der Waals surface area contributed by atoms with Crippen molar-refractivity contribution in [1.82, 2.24) is 15.6 Å². The molecule has 0 saturated carbocycles. The number of pyridine rings is 1. The predicted molar refractivity (Wildman–Crippen MR) is 105 cm³/mol. The molecule has 2 N–H and O–H groups in total. The standard InChI is InChI=1S/C21H24N4/c1-22-21(24-14-7-10-17-8-3-2-4-9-17)25-16-20-19-12-6-5-11-18(19)13-15-23-20/h2-6,8-9,11-13,15H,7,10,14,16H2,1H3,(H2,22,24,25). The molecule has 25 heavy (non-hydrogen) atoms. The summed E-state index contributed by atoms with van der Waals surface area (Å²) in [6.45, 7) is 1.54. The number of nitrogens with zero attached hydrogens (tertiary/aromatic N) is 2. The van der Waals surface area contributed by atoms with E-state index in [1.54, 1.807) is 7.05 Å². The van der Waals surface area contributed by atoms with Crippen molar-refractivity contribution in [1.29, 1.82) is 0 Å². The minimum atomic E-state index is 0.652. The Hall–Kier alpha value is -2.88. The first-order valence-corrected chi connectivity index (χ1v) is 8.68. The van der Waals surface area contributed by atoms with Gasteiger partial charge in [-0.05, 0) is 29.9 Å². The lowest BCUT2D eigenvalue weighted by Gasteiger charge is -2.12. The van der Waals surface area contributed by atoms with Crippen LogP contribution in [0.5, 0.6) is 0 Å². The van der Waals surface area contributed by atoms with Gasteiger partial charge in [-0.25, -0.2) is 0 Å². The molecule has 128 valence electrons. The van der Waals surface area contributed by atoms with Crippen molar-refractivity contribution in [3.05, 3.63) is 78.1 Å². The Labute approximate surface area is 149 Å². The first-order chi connectivity index (χ1) is 12.4. The van der Waals surface area contributed by atoms with Crippen LogP contribution in [0.15, 0.2) is 71.9 Å². The summed E-state index contributed by atoms with van der Waals surface area (Å²) in [7, 11) is 1.79. The zero-order valence-corrected chi connectivity index (χ0v) is 14.6. The third kappa shape index (κ3) is 4.80.